The molecule has 1 N–H and O–H groups in total. The van der Waals surface area contributed by atoms with Gasteiger partial charge in [0.1, 0.15) is 5.82 Å². The first-order chi connectivity index (χ1) is 10.2. The van der Waals surface area contributed by atoms with Crippen LogP contribution in [0.25, 0.3) is 0 Å². The number of likely N-dealkylation sites (N-methyl/N-ethyl adjacent to an activating group) is 1. The molecule has 4 nitrogen and oxygen atoms in total. The molecule has 1 atom stereocenters. The van der Waals surface area contributed by atoms with Crippen molar-refractivity contribution >= 4 is 5.69 Å². The lowest BCUT2D eigenvalue weighted by Gasteiger charge is -2.25. The maximum absolute atomic E-state index is 14.1. The zero-order chi connectivity index (χ0) is 15.1. The van der Waals surface area contributed by atoms with Crippen LogP contribution < -0.4 is 10.2 Å². The van der Waals surface area contributed by atoms with Crippen molar-refractivity contribution in [3.05, 3.63) is 29.6 Å². The molecule has 0 aliphatic carbocycles. The Morgan fingerprint density at radius 2 is 2.33 bits per heavy atom. The zero-order valence-corrected chi connectivity index (χ0v) is 12.9. The molecule has 2 rings (SSSR count). The van der Waals surface area contributed by atoms with Crippen molar-refractivity contribution < 1.29 is 13.9 Å². The molecule has 0 aromatic heterocycles. The highest BCUT2D eigenvalue weighted by atomic mass is 19.1. The standard InChI is InChI=1S/C16H25FN2O2/c1-19(12-13-5-4-9-21-13)16-7-3-6-15(17)14(16)11-18-8-10-20-2/h3,6-7,13,18H,4-5,8-12H2,1-2H3. The van der Waals surface area contributed by atoms with Gasteiger partial charge in [0.15, 0.2) is 0 Å². The number of nitrogens with zero attached hydrogens (tertiary/aromatic N) is 1. The summed E-state index contributed by atoms with van der Waals surface area (Å²) in [7, 11) is 3.65. The highest BCUT2D eigenvalue weighted by Crippen LogP contribution is 2.24. The van der Waals surface area contributed by atoms with Crippen molar-refractivity contribution in [3.63, 3.8) is 0 Å². The van der Waals surface area contributed by atoms with Gasteiger partial charge in [0.05, 0.1) is 12.7 Å². The number of methoxy groups -OCH3 is 1. The fourth-order valence-corrected chi connectivity index (χ4v) is 2.66. The largest absolute Gasteiger partial charge is 0.383 e. The summed E-state index contributed by atoms with van der Waals surface area (Å²) in [5.41, 5.74) is 1.63. The molecule has 1 saturated heterocycles. The van der Waals surface area contributed by atoms with Crippen LogP contribution in [0, 0.1) is 5.82 Å². The summed E-state index contributed by atoms with van der Waals surface area (Å²) >= 11 is 0. The average Bonchev–Trinajstić information content (AvgIpc) is 2.97. The summed E-state index contributed by atoms with van der Waals surface area (Å²) in [6, 6.07) is 5.23. The minimum absolute atomic E-state index is 0.170. The maximum Gasteiger partial charge on any atom is 0.129 e. The Morgan fingerprint density at radius 3 is 3.05 bits per heavy atom. The van der Waals surface area contributed by atoms with Gasteiger partial charge in [-0.2, -0.15) is 0 Å². The first-order valence-corrected chi connectivity index (χ1v) is 7.52. The lowest BCUT2D eigenvalue weighted by atomic mass is 10.1. The number of hydrogen-bond acceptors (Lipinski definition) is 4. The van der Waals surface area contributed by atoms with Crippen LogP contribution in [0.1, 0.15) is 18.4 Å². The number of ether oxygens (including phenoxy) is 2. The Bertz CT molecular complexity index is 436. The zero-order valence-electron chi connectivity index (χ0n) is 12.9. The monoisotopic (exact) mass is 296 g/mol. The van der Waals surface area contributed by atoms with E-state index in [0.29, 0.717) is 25.3 Å². The van der Waals surface area contributed by atoms with E-state index in [-0.39, 0.29) is 11.9 Å². The van der Waals surface area contributed by atoms with Gasteiger partial charge < -0.3 is 19.7 Å². The summed E-state index contributed by atoms with van der Waals surface area (Å²) in [4.78, 5) is 2.09. The quantitative estimate of drug-likeness (QED) is 0.746. The van der Waals surface area contributed by atoms with E-state index in [0.717, 1.165) is 31.7 Å². The van der Waals surface area contributed by atoms with E-state index in [1.807, 2.05) is 13.1 Å². The fourth-order valence-electron chi connectivity index (χ4n) is 2.66. The molecule has 0 bridgehead atoms. The summed E-state index contributed by atoms with van der Waals surface area (Å²) in [6.45, 7) is 3.47. The lowest BCUT2D eigenvalue weighted by molar-refractivity contribution is 0.116. The van der Waals surface area contributed by atoms with Gasteiger partial charge in [0.2, 0.25) is 0 Å². The number of halogens is 1. The van der Waals surface area contributed by atoms with E-state index in [1.165, 1.54) is 6.07 Å². The Hall–Kier alpha value is -1.17. The summed E-state index contributed by atoms with van der Waals surface area (Å²) in [5.74, 6) is -0.170. The third-order valence-corrected chi connectivity index (χ3v) is 3.79. The minimum Gasteiger partial charge on any atom is -0.383 e. The Kier molecular flexibility index (Phi) is 6.42. The second-order valence-corrected chi connectivity index (χ2v) is 5.42. The summed E-state index contributed by atoms with van der Waals surface area (Å²) < 4.78 is 24.8. The van der Waals surface area contributed by atoms with Gasteiger partial charge in [-0.15, -0.1) is 0 Å². The van der Waals surface area contributed by atoms with Crippen LogP contribution in [-0.2, 0) is 16.0 Å². The van der Waals surface area contributed by atoms with Crippen LogP contribution in [0.15, 0.2) is 18.2 Å². The normalized spacial score (nSPS) is 18.1. The molecule has 21 heavy (non-hydrogen) atoms. The highest BCUT2D eigenvalue weighted by molar-refractivity contribution is 5.53. The molecule has 5 heteroatoms. The van der Waals surface area contributed by atoms with Gasteiger partial charge in [-0.1, -0.05) is 6.07 Å². The smallest absolute Gasteiger partial charge is 0.129 e. The molecule has 1 heterocycles. The summed E-state index contributed by atoms with van der Waals surface area (Å²) in [5, 5.41) is 3.21. The van der Waals surface area contributed by atoms with Crippen molar-refractivity contribution in [1.82, 2.24) is 5.32 Å². The second kappa shape index (κ2) is 8.32. The van der Waals surface area contributed by atoms with E-state index in [4.69, 9.17) is 9.47 Å². The van der Waals surface area contributed by atoms with Crippen LogP contribution >= 0.6 is 0 Å². The van der Waals surface area contributed by atoms with Gasteiger partial charge >= 0.3 is 0 Å². The van der Waals surface area contributed by atoms with Crippen molar-refractivity contribution in [2.75, 3.05) is 45.4 Å². The first kappa shape index (κ1) is 16.2. The van der Waals surface area contributed by atoms with E-state index < -0.39 is 0 Å². The van der Waals surface area contributed by atoms with E-state index in [9.17, 15) is 4.39 Å². The predicted octanol–water partition coefficient (Wildman–Crippen LogP) is 2.18. The molecule has 1 unspecified atom stereocenters. The molecule has 0 spiro atoms. The number of hydrogen-bond donors (Lipinski definition) is 1. The highest BCUT2D eigenvalue weighted by Gasteiger charge is 2.19. The molecule has 1 aromatic carbocycles. The number of nitrogens with one attached hydrogen (secondary N) is 1. The minimum atomic E-state index is -0.170. The Morgan fingerprint density at radius 1 is 1.48 bits per heavy atom. The van der Waals surface area contributed by atoms with Gasteiger partial charge in [0.25, 0.3) is 0 Å². The van der Waals surface area contributed by atoms with E-state index in [1.54, 1.807) is 13.2 Å². The molecule has 0 radical (unpaired) electrons. The topological polar surface area (TPSA) is 33.7 Å². The van der Waals surface area contributed by atoms with Gasteiger partial charge in [0, 0.05) is 51.6 Å². The van der Waals surface area contributed by atoms with Crippen molar-refractivity contribution in [3.8, 4) is 0 Å². The molecule has 1 aliphatic rings. The number of benzene rings is 1. The molecule has 0 amide bonds. The Labute approximate surface area is 126 Å². The molecule has 1 fully saturated rings. The maximum atomic E-state index is 14.1. The average molecular weight is 296 g/mol. The number of anilines is 1. The van der Waals surface area contributed by atoms with Gasteiger partial charge in [-0.25, -0.2) is 4.39 Å². The van der Waals surface area contributed by atoms with Gasteiger partial charge in [-0.3, -0.25) is 0 Å². The van der Waals surface area contributed by atoms with Crippen LogP contribution in [0.3, 0.4) is 0 Å². The first-order valence-electron chi connectivity index (χ1n) is 7.52. The lowest BCUT2D eigenvalue weighted by Crippen LogP contribution is -2.30. The summed E-state index contributed by atoms with van der Waals surface area (Å²) in [6.07, 6.45) is 2.46. The van der Waals surface area contributed by atoms with E-state index in [2.05, 4.69) is 10.2 Å². The molecule has 118 valence electrons. The van der Waals surface area contributed by atoms with E-state index >= 15 is 0 Å². The molecule has 1 aliphatic heterocycles. The molecular weight excluding hydrogens is 271 g/mol. The van der Waals surface area contributed by atoms with Crippen LogP contribution in [0.4, 0.5) is 10.1 Å². The van der Waals surface area contributed by atoms with Crippen LogP contribution in [0.2, 0.25) is 0 Å². The SMILES string of the molecule is COCCNCc1c(F)cccc1N(C)CC1CCCO1. The number of rotatable bonds is 8. The van der Waals surface area contributed by atoms with Gasteiger partial charge in [-0.05, 0) is 25.0 Å². The Balaban J connectivity index is 2.00. The van der Waals surface area contributed by atoms with Crippen molar-refractivity contribution in [1.29, 1.82) is 0 Å². The van der Waals surface area contributed by atoms with Crippen LogP contribution in [-0.4, -0.2) is 46.6 Å². The third-order valence-electron chi connectivity index (χ3n) is 3.79. The fraction of sp³-hybridized carbons (Fsp3) is 0.625. The molecular formula is C16H25FN2O2. The van der Waals surface area contributed by atoms with Crippen molar-refractivity contribution in [2.45, 2.75) is 25.5 Å². The molecule has 1 aromatic rings. The second-order valence-electron chi connectivity index (χ2n) is 5.42. The van der Waals surface area contributed by atoms with Crippen molar-refractivity contribution in [2.24, 2.45) is 0 Å². The van der Waals surface area contributed by atoms with Crippen LogP contribution in [0.5, 0.6) is 0 Å². The predicted molar refractivity (Wildman–Crippen MR) is 82.2 cm³/mol. The molecule has 0 saturated carbocycles. The third kappa shape index (κ3) is 4.66.